The molecule has 2 rings (SSSR count). The fourth-order valence-electron chi connectivity index (χ4n) is 1.57. The molecule has 0 bridgehead atoms. The summed E-state index contributed by atoms with van der Waals surface area (Å²) < 4.78 is 41.9. The summed E-state index contributed by atoms with van der Waals surface area (Å²) in [7, 11) is 0. The van der Waals surface area contributed by atoms with E-state index in [1.54, 1.807) is 12.1 Å². The van der Waals surface area contributed by atoms with Crippen LogP contribution in [0.5, 0.6) is 5.75 Å². The van der Waals surface area contributed by atoms with Crippen LogP contribution in [0.3, 0.4) is 0 Å². The van der Waals surface area contributed by atoms with Gasteiger partial charge < -0.3 is 10.5 Å². The SMILES string of the molecule is C[C@@H](Oc1cccc(C2(N)CC2)c1)C(F)(F)F. The maximum absolute atomic E-state index is 12.3. The molecule has 1 aliphatic rings. The molecule has 0 aliphatic heterocycles. The zero-order valence-corrected chi connectivity index (χ0v) is 9.42. The highest BCUT2D eigenvalue weighted by Gasteiger charge is 2.41. The number of nitrogens with two attached hydrogens (primary N) is 1. The maximum atomic E-state index is 12.3. The summed E-state index contributed by atoms with van der Waals surface area (Å²) >= 11 is 0. The van der Waals surface area contributed by atoms with Gasteiger partial charge in [0.25, 0.3) is 0 Å². The third-order valence-corrected chi connectivity index (χ3v) is 2.97. The van der Waals surface area contributed by atoms with Gasteiger partial charge in [0, 0.05) is 5.54 Å². The van der Waals surface area contributed by atoms with Gasteiger partial charge in [-0.15, -0.1) is 0 Å². The Kier molecular flexibility index (Phi) is 2.81. The van der Waals surface area contributed by atoms with Crippen LogP contribution in [0.2, 0.25) is 0 Å². The lowest BCUT2D eigenvalue weighted by Gasteiger charge is -2.18. The van der Waals surface area contributed by atoms with Crippen LogP contribution in [0.1, 0.15) is 25.3 Å². The molecule has 0 unspecified atom stereocenters. The van der Waals surface area contributed by atoms with Gasteiger partial charge in [-0.2, -0.15) is 13.2 Å². The second-order valence-corrected chi connectivity index (χ2v) is 4.49. The van der Waals surface area contributed by atoms with E-state index in [0.29, 0.717) is 0 Å². The van der Waals surface area contributed by atoms with E-state index in [4.69, 9.17) is 10.5 Å². The molecule has 2 N–H and O–H groups in total. The minimum absolute atomic E-state index is 0.212. The Morgan fingerprint density at radius 1 is 1.35 bits per heavy atom. The van der Waals surface area contributed by atoms with Gasteiger partial charge in [-0.3, -0.25) is 0 Å². The summed E-state index contributed by atoms with van der Waals surface area (Å²) in [6, 6.07) is 6.59. The zero-order valence-electron chi connectivity index (χ0n) is 9.42. The number of hydrogen-bond donors (Lipinski definition) is 1. The number of rotatable bonds is 3. The molecule has 0 heterocycles. The minimum Gasteiger partial charge on any atom is -0.481 e. The summed E-state index contributed by atoms with van der Waals surface area (Å²) in [4.78, 5) is 0. The van der Waals surface area contributed by atoms with Crippen LogP contribution in [-0.4, -0.2) is 12.3 Å². The van der Waals surface area contributed by atoms with E-state index in [0.717, 1.165) is 25.3 Å². The largest absolute Gasteiger partial charge is 0.481 e. The van der Waals surface area contributed by atoms with Crippen molar-refractivity contribution in [3.63, 3.8) is 0 Å². The predicted octanol–water partition coefficient (Wildman–Crippen LogP) is 2.96. The highest BCUT2D eigenvalue weighted by Crippen LogP contribution is 2.43. The first kappa shape index (κ1) is 12.2. The quantitative estimate of drug-likeness (QED) is 0.888. The molecule has 0 saturated heterocycles. The van der Waals surface area contributed by atoms with Crippen molar-refractivity contribution >= 4 is 0 Å². The van der Waals surface area contributed by atoms with E-state index >= 15 is 0 Å². The molecule has 0 aromatic heterocycles. The van der Waals surface area contributed by atoms with Gasteiger partial charge in [-0.25, -0.2) is 0 Å². The Morgan fingerprint density at radius 2 is 2.00 bits per heavy atom. The molecule has 0 spiro atoms. The van der Waals surface area contributed by atoms with Crippen molar-refractivity contribution in [1.29, 1.82) is 0 Å². The van der Waals surface area contributed by atoms with Crippen LogP contribution in [-0.2, 0) is 5.54 Å². The highest BCUT2D eigenvalue weighted by molar-refractivity contribution is 5.36. The first-order valence-electron chi connectivity index (χ1n) is 5.44. The van der Waals surface area contributed by atoms with Gasteiger partial charge in [0.1, 0.15) is 5.75 Å². The summed E-state index contributed by atoms with van der Waals surface area (Å²) in [6.45, 7) is 0.988. The Labute approximate surface area is 97.6 Å². The first-order chi connectivity index (χ1) is 7.81. The van der Waals surface area contributed by atoms with Crippen LogP contribution < -0.4 is 10.5 Å². The third kappa shape index (κ3) is 2.72. The Hall–Kier alpha value is -1.23. The van der Waals surface area contributed by atoms with E-state index in [2.05, 4.69) is 0 Å². The molecule has 17 heavy (non-hydrogen) atoms. The van der Waals surface area contributed by atoms with Gasteiger partial charge >= 0.3 is 6.18 Å². The van der Waals surface area contributed by atoms with Gasteiger partial charge in [-0.05, 0) is 37.5 Å². The number of halogens is 3. The first-order valence-corrected chi connectivity index (χ1v) is 5.44. The lowest BCUT2D eigenvalue weighted by atomic mass is 10.1. The average Bonchev–Trinajstić information content (AvgIpc) is 2.97. The Bertz CT molecular complexity index is 412. The van der Waals surface area contributed by atoms with Crippen molar-refractivity contribution in [3.8, 4) is 5.75 Å². The predicted molar refractivity (Wildman–Crippen MR) is 57.7 cm³/mol. The van der Waals surface area contributed by atoms with E-state index in [9.17, 15) is 13.2 Å². The van der Waals surface area contributed by atoms with Gasteiger partial charge in [0.15, 0.2) is 6.10 Å². The monoisotopic (exact) mass is 245 g/mol. The van der Waals surface area contributed by atoms with Crippen molar-refractivity contribution in [1.82, 2.24) is 0 Å². The van der Waals surface area contributed by atoms with E-state index in [1.807, 2.05) is 6.07 Å². The topological polar surface area (TPSA) is 35.2 Å². The smallest absolute Gasteiger partial charge is 0.425 e. The minimum atomic E-state index is -4.35. The number of alkyl halides is 3. The molecule has 1 saturated carbocycles. The van der Waals surface area contributed by atoms with Gasteiger partial charge in [0.2, 0.25) is 0 Å². The lowest BCUT2D eigenvalue weighted by Crippen LogP contribution is -2.31. The lowest BCUT2D eigenvalue weighted by molar-refractivity contribution is -0.189. The fraction of sp³-hybridized carbons (Fsp3) is 0.500. The van der Waals surface area contributed by atoms with Crippen molar-refractivity contribution in [2.75, 3.05) is 0 Å². The zero-order chi connectivity index (χ0) is 12.7. The number of benzene rings is 1. The van der Waals surface area contributed by atoms with E-state index in [1.165, 1.54) is 6.07 Å². The summed E-state index contributed by atoms with van der Waals surface area (Å²) in [5, 5.41) is 0. The van der Waals surface area contributed by atoms with Crippen molar-refractivity contribution < 1.29 is 17.9 Å². The molecule has 1 aromatic rings. The fourth-order valence-corrected chi connectivity index (χ4v) is 1.57. The van der Waals surface area contributed by atoms with Crippen molar-refractivity contribution in [2.24, 2.45) is 5.73 Å². The average molecular weight is 245 g/mol. The molecule has 94 valence electrons. The van der Waals surface area contributed by atoms with Crippen LogP contribution in [0, 0.1) is 0 Å². The van der Waals surface area contributed by atoms with Crippen LogP contribution in [0.4, 0.5) is 13.2 Å². The molecule has 1 atom stereocenters. The number of hydrogen-bond acceptors (Lipinski definition) is 2. The molecule has 1 aromatic carbocycles. The van der Waals surface area contributed by atoms with Crippen LogP contribution in [0.15, 0.2) is 24.3 Å². The van der Waals surface area contributed by atoms with Crippen molar-refractivity contribution in [3.05, 3.63) is 29.8 Å². The molecular formula is C12H14F3NO. The van der Waals surface area contributed by atoms with E-state index in [-0.39, 0.29) is 11.3 Å². The van der Waals surface area contributed by atoms with E-state index < -0.39 is 12.3 Å². The number of ether oxygens (including phenoxy) is 1. The summed E-state index contributed by atoms with van der Waals surface area (Å²) in [6.07, 6.45) is -4.43. The van der Waals surface area contributed by atoms with Crippen molar-refractivity contribution in [2.45, 2.75) is 37.6 Å². The van der Waals surface area contributed by atoms with Crippen LogP contribution in [0.25, 0.3) is 0 Å². The molecule has 2 nitrogen and oxygen atoms in total. The summed E-state index contributed by atoms with van der Waals surface area (Å²) in [5.41, 5.74) is 6.45. The standard InChI is InChI=1S/C12H14F3NO/c1-8(12(13,14)15)17-10-4-2-3-9(7-10)11(16)5-6-11/h2-4,7-8H,5-6,16H2,1H3/t8-/m1/s1. The maximum Gasteiger partial charge on any atom is 0.425 e. The highest BCUT2D eigenvalue weighted by atomic mass is 19.4. The molecule has 0 amide bonds. The second kappa shape index (κ2) is 3.91. The van der Waals surface area contributed by atoms with Crippen LogP contribution >= 0.6 is 0 Å². The molecule has 1 aliphatic carbocycles. The van der Waals surface area contributed by atoms with Gasteiger partial charge in [-0.1, -0.05) is 12.1 Å². The second-order valence-electron chi connectivity index (χ2n) is 4.49. The normalized spacial score (nSPS) is 19.8. The Balaban J connectivity index is 2.12. The molecule has 0 radical (unpaired) electrons. The third-order valence-electron chi connectivity index (χ3n) is 2.97. The molecular weight excluding hydrogens is 231 g/mol. The molecule has 5 heteroatoms. The molecule has 1 fully saturated rings. The summed E-state index contributed by atoms with van der Waals surface area (Å²) in [5.74, 6) is 0.212. The Morgan fingerprint density at radius 3 is 2.53 bits per heavy atom. The van der Waals surface area contributed by atoms with Gasteiger partial charge in [0.05, 0.1) is 0 Å².